The molecule has 10 nitrogen and oxygen atoms in total. The Hall–Kier alpha value is -3.86. The van der Waals surface area contributed by atoms with E-state index in [1.54, 1.807) is 30.3 Å². The normalized spacial score (nSPS) is 16.7. The maximum Gasteiger partial charge on any atom is 0.290 e. The summed E-state index contributed by atoms with van der Waals surface area (Å²) in [6, 6.07) is 10.8. The van der Waals surface area contributed by atoms with Gasteiger partial charge in [-0.15, -0.1) is 0 Å². The van der Waals surface area contributed by atoms with Crippen LogP contribution in [-0.4, -0.2) is 46.8 Å². The minimum absolute atomic E-state index is 0.0258. The molecule has 0 spiro atoms. The number of nitro groups is 1. The maximum absolute atomic E-state index is 12.6. The predicted molar refractivity (Wildman–Crippen MR) is 111 cm³/mol. The van der Waals surface area contributed by atoms with Gasteiger partial charge in [-0.05, 0) is 41.6 Å². The Morgan fingerprint density at radius 1 is 1.19 bits per heavy atom. The van der Waals surface area contributed by atoms with Crippen molar-refractivity contribution in [3.63, 3.8) is 0 Å². The number of amides is 3. The van der Waals surface area contributed by atoms with Crippen molar-refractivity contribution < 1.29 is 28.8 Å². The van der Waals surface area contributed by atoms with Gasteiger partial charge in [0.15, 0.2) is 6.73 Å². The number of carbonyl (C=O) groups is 3. The van der Waals surface area contributed by atoms with E-state index in [4.69, 9.17) is 9.47 Å². The van der Waals surface area contributed by atoms with E-state index < -0.39 is 16.1 Å². The number of ether oxygens (including phenoxy) is 2. The summed E-state index contributed by atoms with van der Waals surface area (Å²) in [5.74, 6) is 0.0875. The van der Waals surface area contributed by atoms with Crippen LogP contribution in [0.4, 0.5) is 10.5 Å². The third-order valence-electron chi connectivity index (χ3n) is 4.52. The average Bonchev–Trinajstić information content (AvgIpc) is 3.07. The van der Waals surface area contributed by atoms with Crippen LogP contribution < -0.4 is 14.8 Å². The summed E-state index contributed by atoms with van der Waals surface area (Å²) in [6.07, 6.45) is 1.61. The Morgan fingerprint density at radius 3 is 2.65 bits per heavy atom. The number of nitrogens with zero attached hydrogens (tertiary/aromatic N) is 2. The third kappa shape index (κ3) is 4.51. The lowest BCUT2D eigenvalue weighted by Gasteiger charge is -2.28. The van der Waals surface area contributed by atoms with Gasteiger partial charge in [-0.1, -0.05) is 12.1 Å². The second-order valence-corrected chi connectivity index (χ2v) is 7.56. The predicted octanol–water partition coefficient (Wildman–Crippen LogP) is 2.79. The molecule has 158 valence electrons. The van der Waals surface area contributed by atoms with Crippen LogP contribution in [-0.2, 0) is 4.79 Å². The Kier molecular flexibility index (Phi) is 5.58. The highest BCUT2D eigenvalue weighted by Gasteiger charge is 2.28. The number of hydrogen-bond donors (Lipinski definition) is 1. The molecule has 0 radical (unpaired) electrons. The number of carbonyl (C=O) groups excluding carboxylic acids is 3. The SMILES string of the molecule is O=C1NC(=O)C(=Cc2ccc(OCCN3COc4ccc([N+](=O)[O-])cc4C3=O)cc2)S1. The molecule has 2 aromatic carbocycles. The topological polar surface area (TPSA) is 128 Å². The minimum atomic E-state index is -0.565. The van der Waals surface area contributed by atoms with Crippen LogP contribution >= 0.6 is 11.8 Å². The van der Waals surface area contributed by atoms with Gasteiger partial charge in [0.25, 0.3) is 22.7 Å². The van der Waals surface area contributed by atoms with E-state index in [0.29, 0.717) is 16.4 Å². The number of nitrogens with one attached hydrogen (secondary N) is 1. The first-order chi connectivity index (χ1) is 14.9. The van der Waals surface area contributed by atoms with Gasteiger partial charge in [-0.3, -0.25) is 29.8 Å². The summed E-state index contributed by atoms with van der Waals surface area (Å²) in [4.78, 5) is 47.5. The van der Waals surface area contributed by atoms with Gasteiger partial charge < -0.3 is 14.4 Å². The van der Waals surface area contributed by atoms with Gasteiger partial charge in [0.2, 0.25) is 0 Å². The largest absolute Gasteiger partial charge is 0.492 e. The first-order valence-corrected chi connectivity index (χ1v) is 9.90. The van der Waals surface area contributed by atoms with Crippen LogP contribution in [0.3, 0.4) is 0 Å². The summed E-state index contributed by atoms with van der Waals surface area (Å²) >= 11 is 0.844. The van der Waals surface area contributed by atoms with Crippen molar-refractivity contribution in [2.24, 2.45) is 0 Å². The number of non-ortho nitro benzene ring substituents is 1. The minimum Gasteiger partial charge on any atom is -0.492 e. The smallest absolute Gasteiger partial charge is 0.290 e. The lowest BCUT2D eigenvalue weighted by molar-refractivity contribution is -0.384. The van der Waals surface area contributed by atoms with E-state index in [1.165, 1.54) is 23.1 Å². The molecule has 11 heteroatoms. The molecule has 0 aromatic heterocycles. The molecule has 1 N–H and O–H groups in total. The third-order valence-corrected chi connectivity index (χ3v) is 5.33. The highest BCUT2D eigenvalue weighted by molar-refractivity contribution is 8.18. The van der Waals surface area contributed by atoms with Crippen molar-refractivity contribution in [2.75, 3.05) is 19.9 Å². The standard InChI is InChI=1S/C20H15N3O7S/c24-18-17(31-20(26)21-18)9-12-1-4-14(5-2-12)29-8-7-22-11-30-16-6-3-13(23(27)28)10-15(16)19(22)25/h1-6,9-10H,7-8,11H2,(H,21,24,26). The van der Waals surface area contributed by atoms with Gasteiger partial charge in [0, 0.05) is 12.1 Å². The van der Waals surface area contributed by atoms with E-state index >= 15 is 0 Å². The van der Waals surface area contributed by atoms with Gasteiger partial charge in [-0.25, -0.2) is 0 Å². The molecule has 0 bridgehead atoms. The Balaban J connectivity index is 1.33. The number of hydrogen-bond acceptors (Lipinski definition) is 8. The zero-order valence-electron chi connectivity index (χ0n) is 15.9. The summed E-state index contributed by atoms with van der Waals surface area (Å²) < 4.78 is 11.2. The van der Waals surface area contributed by atoms with Crippen LogP contribution in [0.2, 0.25) is 0 Å². The molecule has 1 saturated heterocycles. The number of benzene rings is 2. The van der Waals surface area contributed by atoms with Crippen molar-refractivity contribution in [2.45, 2.75) is 0 Å². The molecule has 2 aromatic rings. The van der Waals surface area contributed by atoms with E-state index in [1.807, 2.05) is 0 Å². The van der Waals surface area contributed by atoms with Crippen LogP contribution in [0.5, 0.6) is 11.5 Å². The number of nitro benzene ring substituents is 1. The lowest BCUT2D eigenvalue weighted by Crippen LogP contribution is -2.41. The van der Waals surface area contributed by atoms with E-state index in [2.05, 4.69) is 5.32 Å². The highest BCUT2D eigenvalue weighted by Crippen LogP contribution is 2.29. The number of thioether (sulfide) groups is 1. The summed E-state index contributed by atoms with van der Waals surface area (Å²) in [5, 5.41) is 12.7. The molecule has 0 saturated carbocycles. The Bertz CT molecular complexity index is 1110. The zero-order chi connectivity index (χ0) is 22.0. The number of rotatable bonds is 6. The summed E-state index contributed by atoms with van der Waals surface area (Å²) in [7, 11) is 0. The fourth-order valence-electron chi connectivity index (χ4n) is 2.97. The monoisotopic (exact) mass is 441 g/mol. The van der Waals surface area contributed by atoms with Crippen molar-refractivity contribution in [1.82, 2.24) is 10.2 Å². The van der Waals surface area contributed by atoms with E-state index in [0.717, 1.165) is 17.3 Å². The first kappa shape index (κ1) is 20.4. The van der Waals surface area contributed by atoms with Crippen molar-refractivity contribution in [1.29, 1.82) is 0 Å². The van der Waals surface area contributed by atoms with Crippen molar-refractivity contribution >= 4 is 40.6 Å². The van der Waals surface area contributed by atoms with E-state index in [9.17, 15) is 24.5 Å². The van der Waals surface area contributed by atoms with Crippen LogP contribution in [0.15, 0.2) is 47.4 Å². The molecule has 2 heterocycles. The van der Waals surface area contributed by atoms with Crippen LogP contribution in [0.1, 0.15) is 15.9 Å². The lowest BCUT2D eigenvalue weighted by atomic mass is 10.1. The maximum atomic E-state index is 12.6. The molecule has 0 unspecified atom stereocenters. The summed E-state index contributed by atoms with van der Waals surface area (Å²) in [5.41, 5.74) is 0.698. The highest BCUT2D eigenvalue weighted by atomic mass is 32.2. The molecule has 3 amide bonds. The molecule has 1 fully saturated rings. The second-order valence-electron chi connectivity index (χ2n) is 6.55. The molecule has 0 aliphatic carbocycles. The van der Waals surface area contributed by atoms with Gasteiger partial charge in [-0.2, -0.15) is 0 Å². The van der Waals surface area contributed by atoms with Crippen molar-refractivity contribution in [3.8, 4) is 11.5 Å². The van der Waals surface area contributed by atoms with Gasteiger partial charge in [0.05, 0.1) is 21.9 Å². The van der Waals surface area contributed by atoms with Gasteiger partial charge in [0.1, 0.15) is 18.1 Å². The number of imide groups is 1. The quantitative estimate of drug-likeness (QED) is 0.412. The molecule has 31 heavy (non-hydrogen) atoms. The molecule has 4 rings (SSSR count). The van der Waals surface area contributed by atoms with Gasteiger partial charge >= 0.3 is 0 Å². The van der Waals surface area contributed by atoms with Crippen molar-refractivity contribution in [3.05, 3.63) is 68.6 Å². The van der Waals surface area contributed by atoms with Crippen LogP contribution in [0, 0.1) is 10.1 Å². The van der Waals surface area contributed by atoms with E-state index in [-0.39, 0.29) is 37.0 Å². The fraction of sp³-hybridized carbons (Fsp3) is 0.150. The molecule has 2 aliphatic heterocycles. The second kappa shape index (κ2) is 8.48. The average molecular weight is 441 g/mol. The number of fused-ring (bicyclic) bond motifs is 1. The molecule has 0 atom stereocenters. The Labute approximate surface area is 180 Å². The summed E-state index contributed by atoms with van der Waals surface area (Å²) in [6.45, 7) is 0.441. The molecular weight excluding hydrogens is 426 g/mol. The first-order valence-electron chi connectivity index (χ1n) is 9.09. The fourth-order valence-corrected chi connectivity index (χ4v) is 3.66. The van der Waals surface area contributed by atoms with Crippen LogP contribution in [0.25, 0.3) is 6.08 Å². The zero-order valence-corrected chi connectivity index (χ0v) is 16.7. The molecule has 2 aliphatic rings. The Morgan fingerprint density at radius 2 is 1.97 bits per heavy atom. The molecular formula is C20H15N3O7S.